The zero-order valence-electron chi connectivity index (χ0n) is 14.0. The summed E-state index contributed by atoms with van der Waals surface area (Å²) in [6, 6.07) is 11.5. The van der Waals surface area contributed by atoms with Crippen LogP contribution in [0.4, 0.5) is 13.2 Å². The molecule has 0 unspecified atom stereocenters. The van der Waals surface area contributed by atoms with Crippen LogP contribution in [0.3, 0.4) is 0 Å². The van der Waals surface area contributed by atoms with Crippen LogP contribution < -0.4 is 14.8 Å². The Hall–Kier alpha value is -1.92. The Morgan fingerprint density at radius 3 is 2.27 bits per heavy atom. The van der Waals surface area contributed by atoms with Gasteiger partial charge in [-0.1, -0.05) is 29.8 Å². The summed E-state index contributed by atoms with van der Waals surface area (Å²) in [6.07, 6.45) is -2.90. The van der Waals surface area contributed by atoms with Gasteiger partial charge >= 0.3 is 6.36 Å². The van der Waals surface area contributed by atoms with Crippen LogP contribution in [0.5, 0.6) is 11.5 Å². The molecule has 3 rings (SSSR count). The van der Waals surface area contributed by atoms with Crippen LogP contribution in [-0.2, 0) is 0 Å². The summed E-state index contributed by atoms with van der Waals surface area (Å²) in [5, 5.41) is 3.84. The van der Waals surface area contributed by atoms with Crippen molar-refractivity contribution in [2.75, 3.05) is 19.7 Å². The lowest BCUT2D eigenvalue weighted by Crippen LogP contribution is -2.30. The lowest BCUT2D eigenvalue weighted by Gasteiger charge is -2.23. The van der Waals surface area contributed by atoms with E-state index in [9.17, 15) is 13.2 Å². The molecule has 0 aliphatic carbocycles. The number of hydrogen-bond acceptors (Lipinski definition) is 3. The zero-order chi connectivity index (χ0) is 18.6. The van der Waals surface area contributed by atoms with Crippen LogP contribution >= 0.6 is 11.6 Å². The topological polar surface area (TPSA) is 30.5 Å². The van der Waals surface area contributed by atoms with E-state index in [1.54, 1.807) is 36.4 Å². The standard InChI is InChI=1S/C19H19ClF3NO2/c20-16-4-1-14(2-5-16)15-3-6-17(26-19(21,22)23)18(11-15)25-12-13-7-9-24-10-8-13/h1-6,11,13,24H,7-10,12H2. The predicted octanol–water partition coefficient (Wildman–Crippen LogP) is 5.28. The van der Waals surface area contributed by atoms with Crippen molar-refractivity contribution >= 4 is 11.6 Å². The molecule has 3 nitrogen and oxygen atoms in total. The molecule has 1 N–H and O–H groups in total. The molecular formula is C19H19ClF3NO2. The van der Waals surface area contributed by atoms with Crippen molar-refractivity contribution in [2.45, 2.75) is 19.2 Å². The zero-order valence-corrected chi connectivity index (χ0v) is 14.7. The van der Waals surface area contributed by atoms with Crippen LogP contribution in [0, 0.1) is 5.92 Å². The van der Waals surface area contributed by atoms with E-state index in [0.717, 1.165) is 37.1 Å². The van der Waals surface area contributed by atoms with Gasteiger partial charge in [-0.2, -0.15) is 0 Å². The summed E-state index contributed by atoms with van der Waals surface area (Å²) in [6.45, 7) is 2.15. The molecule has 140 valence electrons. The minimum absolute atomic E-state index is 0.0910. The van der Waals surface area contributed by atoms with Gasteiger partial charge in [-0.25, -0.2) is 0 Å². The number of piperidine rings is 1. The molecular weight excluding hydrogens is 367 g/mol. The highest BCUT2D eigenvalue weighted by atomic mass is 35.5. The number of benzene rings is 2. The number of hydrogen-bond donors (Lipinski definition) is 1. The largest absolute Gasteiger partial charge is 0.573 e. The predicted molar refractivity (Wildman–Crippen MR) is 94.7 cm³/mol. The lowest BCUT2D eigenvalue weighted by molar-refractivity contribution is -0.275. The van der Waals surface area contributed by atoms with Gasteiger partial charge < -0.3 is 14.8 Å². The van der Waals surface area contributed by atoms with Gasteiger partial charge in [-0.3, -0.25) is 0 Å². The molecule has 2 aromatic carbocycles. The van der Waals surface area contributed by atoms with Crippen molar-refractivity contribution in [3.05, 3.63) is 47.5 Å². The summed E-state index contributed by atoms with van der Waals surface area (Å²) < 4.78 is 47.9. The average molecular weight is 386 g/mol. The highest BCUT2D eigenvalue weighted by Gasteiger charge is 2.32. The van der Waals surface area contributed by atoms with E-state index in [4.69, 9.17) is 16.3 Å². The fraction of sp³-hybridized carbons (Fsp3) is 0.368. The fourth-order valence-electron chi connectivity index (χ4n) is 2.91. The fourth-order valence-corrected chi connectivity index (χ4v) is 3.03. The van der Waals surface area contributed by atoms with Crippen LogP contribution in [0.1, 0.15) is 12.8 Å². The van der Waals surface area contributed by atoms with Crippen molar-refractivity contribution in [3.8, 4) is 22.6 Å². The van der Waals surface area contributed by atoms with Gasteiger partial charge in [0.2, 0.25) is 0 Å². The molecule has 1 heterocycles. The first-order valence-electron chi connectivity index (χ1n) is 8.40. The van der Waals surface area contributed by atoms with Gasteiger partial charge in [0.05, 0.1) is 6.61 Å². The number of alkyl halides is 3. The van der Waals surface area contributed by atoms with Crippen molar-refractivity contribution < 1.29 is 22.6 Å². The van der Waals surface area contributed by atoms with Crippen molar-refractivity contribution in [1.29, 1.82) is 0 Å². The number of nitrogens with one attached hydrogen (secondary N) is 1. The summed E-state index contributed by atoms with van der Waals surface area (Å²) in [4.78, 5) is 0. The highest BCUT2D eigenvalue weighted by molar-refractivity contribution is 6.30. The number of ether oxygens (including phenoxy) is 2. The van der Waals surface area contributed by atoms with E-state index < -0.39 is 6.36 Å². The second kappa shape index (κ2) is 8.18. The monoisotopic (exact) mass is 385 g/mol. The summed E-state index contributed by atoms with van der Waals surface area (Å²) in [7, 11) is 0. The Bertz CT molecular complexity index is 729. The first-order chi connectivity index (χ1) is 12.4. The normalized spacial score (nSPS) is 15.7. The molecule has 0 bridgehead atoms. The maximum Gasteiger partial charge on any atom is 0.573 e. The molecule has 7 heteroatoms. The Labute approximate surface area is 155 Å². The molecule has 1 saturated heterocycles. The molecule has 0 saturated carbocycles. The summed E-state index contributed by atoms with van der Waals surface area (Å²) in [5.74, 6) is 0.0756. The maximum absolute atomic E-state index is 12.7. The number of rotatable bonds is 5. The van der Waals surface area contributed by atoms with E-state index in [0.29, 0.717) is 17.5 Å². The third-order valence-corrected chi connectivity index (χ3v) is 4.53. The summed E-state index contributed by atoms with van der Waals surface area (Å²) in [5.41, 5.74) is 1.57. The quantitative estimate of drug-likeness (QED) is 0.759. The van der Waals surface area contributed by atoms with Gasteiger partial charge in [-0.15, -0.1) is 13.2 Å². The molecule has 2 aromatic rings. The molecule has 1 aliphatic rings. The molecule has 0 amide bonds. The smallest absolute Gasteiger partial charge is 0.489 e. The summed E-state index contributed by atoms with van der Waals surface area (Å²) >= 11 is 5.89. The second-order valence-electron chi connectivity index (χ2n) is 6.22. The third-order valence-electron chi connectivity index (χ3n) is 4.28. The molecule has 0 atom stereocenters. The Balaban J connectivity index is 1.83. The molecule has 0 spiro atoms. The average Bonchev–Trinajstić information content (AvgIpc) is 2.61. The van der Waals surface area contributed by atoms with Crippen molar-refractivity contribution in [2.24, 2.45) is 5.92 Å². The molecule has 26 heavy (non-hydrogen) atoms. The van der Waals surface area contributed by atoms with Crippen molar-refractivity contribution in [3.63, 3.8) is 0 Å². The van der Waals surface area contributed by atoms with Crippen LogP contribution in [0.25, 0.3) is 11.1 Å². The minimum atomic E-state index is -4.77. The Kier molecular flexibility index (Phi) is 5.94. The van der Waals surface area contributed by atoms with Gasteiger partial charge in [0.15, 0.2) is 11.5 Å². The molecule has 0 aromatic heterocycles. The maximum atomic E-state index is 12.7. The van der Waals surface area contributed by atoms with Crippen LogP contribution in [0.2, 0.25) is 5.02 Å². The van der Waals surface area contributed by atoms with E-state index in [1.165, 1.54) is 6.07 Å². The van der Waals surface area contributed by atoms with Gasteiger partial charge in [0.1, 0.15) is 0 Å². The van der Waals surface area contributed by atoms with E-state index >= 15 is 0 Å². The van der Waals surface area contributed by atoms with E-state index in [-0.39, 0.29) is 11.5 Å². The molecule has 1 aliphatic heterocycles. The number of halogens is 4. The molecule has 1 fully saturated rings. The SMILES string of the molecule is FC(F)(F)Oc1ccc(-c2ccc(Cl)cc2)cc1OCC1CCNCC1. The third kappa shape index (κ3) is 5.29. The Morgan fingerprint density at radius 1 is 0.962 bits per heavy atom. The highest BCUT2D eigenvalue weighted by Crippen LogP contribution is 2.36. The minimum Gasteiger partial charge on any atom is -0.489 e. The lowest BCUT2D eigenvalue weighted by atomic mass is 9.99. The van der Waals surface area contributed by atoms with Gasteiger partial charge in [0.25, 0.3) is 0 Å². The molecule has 0 radical (unpaired) electrons. The van der Waals surface area contributed by atoms with Gasteiger partial charge in [0, 0.05) is 5.02 Å². The van der Waals surface area contributed by atoms with Gasteiger partial charge in [-0.05, 0) is 67.2 Å². The van der Waals surface area contributed by atoms with Crippen LogP contribution in [0.15, 0.2) is 42.5 Å². The van der Waals surface area contributed by atoms with E-state index in [2.05, 4.69) is 10.1 Å². The van der Waals surface area contributed by atoms with Crippen LogP contribution in [-0.4, -0.2) is 26.1 Å². The second-order valence-corrected chi connectivity index (χ2v) is 6.66. The first-order valence-corrected chi connectivity index (χ1v) is 8.78. The first kappa shape index (κ1) is 18.9. The Morgan fingerprint density at radius 2 is 1.62 bits per heavy atom. The van der Waals surface area contributed by atoms with Crippen molar-refractivity contribution in [1.82, 2.24) is 5.32 Å². The van der Waals surface area contributed by atoms with E-state index in [1.807, 2.05) is 0 Å².